The molecule has 0 radical (unpaired) electrons. The third kappa shape index (κ3) is 4.45. The predicted molar refractivity (Wildman–Crippen MR) is 77.2 cm³/mol. The molecule has 0 atom stereocenters. The van der Waals surface area contributed by atoms with E-state index in [2.05, 4.69) is 21.2 Å². The predicted octanol–water partition coefficient (Wildman–Crippen LogP) is 1.87. The molecule has 1 aromatic rings. The van der Waals surface area contributed by atoms with Crippen LogP contribution in [0.25, 0.3) is 0 Å². The van der Waals surface area contributed by atoms with Gasteiger partial charge < -0.3 is 5.32 Å². The van der Waals surface area contributed by atoms with E-state index in [0.717, 1.165) is 13.1 Å². The van der Waals surface area contributed by atoms with Gasteiger partial charge in [-0.15, -0.1) is 0 Å². The van der Waals surface area contributed by atoms with Crippen molar-refractivity contribution in [2.24, 2.45) is 0 Å². The zero-order valence-electron chi connectivity index (χ0n) is 11.5. The molecular weight excluding hydrogens is 370 g/mol. The number of nitrogens with zero attached hydrogens (tertiary/aromatic N) is 1. The second kappa shape index (κ2) is 7.28. The maximum Gasteiger partial charge on any atom is 0.247 e. The molecule has 0 aliphatic carbocycles. The van der Waals surface area contributed by atoms with Crippen molar-refractivity contribution in [2.75, 3.05) is 20.1 Å². The molecule has 0 spiro atoms. The van der Waals surface area contributed by atoms with Crippen LogP contribution >= 0.6 is 15.9 Å². The second-order valence-corrected chi connectivity index (χ2v) is 7.15. The number of rotatable bonds is 6. The van der Waals surface area contributed by atoms with Gasteiger partial charge in [0, 0.05) is 24.1 Å². The lowest BCUT2D eigenvalue weighted by Gasteiger charge is -2.18. The van der Waals surface area contributed by atoms with Crippen LogP contribution in [0.15, 0.2) is 21.5 Å². The highest BCUT2D eigenvalue weighted by molar-refractivity contribution is 9.10. The van der Waals surface area contributed by atoms with Crippen molar-refractivity contribution in [1.29, 1.82) is 0 Å². The molecule has 9 heteroatoms. The van der Waals surface area contributed by atoms with Gasteiger partial charge in [-0.2, -0.15) is 4.31 Å². The molecule has 0 heterocycles. The van der Waals surface area contributed by atoms with Gasteiger partial charge in [0.2, 0.25) is 15.9 Å². The van der Waals surface area contributed by atoms with Gasteiger partial charge in [0.1, 0.15) is 16.5 Å². The molecule has 0 aliphatic heterocycles. The minimum absolute atomic E-state index is 0.235. The normalized spacial score (nSPS) is 11.7. The number of hydrogen-bond acceptors (Lipinski definition) is 3. The minimum atomic E-state index is -4.25. The van der Waals surface area contributed by atoms with Crippen molar-refractivity contribution in [1.82, 2.24) is 9.62 Å². The van der Waals surface area contributed by atoms with Crippen LogP contribution in [0.1, 0.15) is 13.3 Å². The number of nitrogens with one attached hydrogen (secondary N) is 1. The average molecular weight is 385 g/mol. The molecule has 21 heavy (non-hydrogen) atoms. The molecular formula is C12H15BrF2N2O3S. The maximum absolute atomic E-state index is 13.7. The lowest BCUT2D eigenvalue weighted by Crippen LogP contribution is -2.38. The summed E-state index contributed by atoms with van der Waals surface area (Å²) in [4.78, 5) is 10.8. The van der Waals surface area contributed by atoms with Crippen molar-refractivity contribution in [3.8, 4) is 0 Å². The summed E-state index contributed by atoms with van der Waals surface area (Å²) in [5.41, 5.74) is 0. The maximum atomic E-state index is 13.7. The van der Waals surface area contributed by atoms with Crippen LogP contribution < -0.4 is 5.32 Å². The van der Waals surface area contributed by atoms with Gasteiger partial charge >= 0.3 is 0 Å². The highest BCUT2D eigenvalue weighted by Crippen LogP contribution is 2.28. The number of carbonyl (C=O) groups excluding carboxylic acids is 1. The van der Waals surface area contributed by atoms with Crippen LogP contribution in [0.4, 0.5) is 8.78 Å². The highest BCUT2D eigenvalue weighted by atomic mass is 79.9. The van der Waals surface area contributed by atoms with Gasteiger partial charge in [-0.1, -0.05) is 6.92 Å². The van der Waals surface area contributed by atoms with E-state index in [1.165, 1.54) is 0 Å². The summed E-state index contributed by atoms with van der Waals surface area (Å²) in [5, 5.41) is 2.51. The zero-order chi connectivity index (χ0) is 16.2. The first-order valence-corrected chi connectivity index (χ1v) is 8.31. The van der Waals surface area contributed by atoms with Gasteiger partial charge in [-0.3, -0.25) is 4.79 Å². The second-order valence-electron chi connectivity index (χ2n) is 4.31. The standard InChI is InChI=1S/C12H15BrF2N2O3S/c1-3-4-16-11(18)7-17(2)21(19,20)12-9(13)5-8(14)6-10(12)15/h5-6H,3-4,7H2,1-2H3,(H,16,18). The van der Waals surface area contributed by atoms with Crippen molar-refractivity contribution in [2.45, 2.75) is 18.2 Å². The molecule has 1 amide bonds. The molecule has 0 aliphatic rings. The Hall–Kier alpha value is -1.06. The van der Waals surface area contributed by atoms with Gasteiger partial charge in [-0.05, 0) is 28.4 Å². The molecule has 0 unspecified atom stereocenters. The van der Waals surface area contributed by atoms with Crippen LogP contribution in [0.2, 0.25) is 0 Å². The Kier molecular flexibility index (Phi) is 6.24. The Bertz CT molecular complexity index is 614. The summed E-state index contributed by atoms with van der Waals surface area (Å²) >= 11 is 2.82. The Morgan fingerprint density at radius 2 is 2.00 bits per heavy atom. The Morgan fingerprint density at radius 3 is 2.52 bits per heavy atom. The van der Waals surface area contributed by atoms with Crippen LogP contribution in [0.5, 0.6) is 0 Å². The summed E-state index contributed by atoms with van der Waals surface area (Å²) in [6, 6.07) is 1.32. The topological polar surface area (TPSA) is 66.5 Å². The Balaban J connectivity index is 3.03. The molecule has 0 fully saturated rings. The molecule has 0 saturated carbocycles. The molecule has 1 aromatic carbocycles. The fraction of sp³-hybridized carbons (Fsp3) is 0.417. The number of amides is 1. The number of benzene rings is 1. The van der Waals surface area contributed by atoms with Gasteiger partial charge in [-0.25, -0.2) is 17.2 Å². The van der Waals surface area contributed by atoms with E-state index in [1.807, 2.05) is 6.92 Å². The number of sulfonamides is 1. The first kappa shape index (κ1) is 18.0. The van der Waals surface area contributed by atoms with E-state index >= 15 is 0 Å². The summed E-state index contributed by atoms with van der Waals surface area (Å²) in [7, 11) is -3.10. The van der Waals surface area contributed by atoms with Crippen molar-refractivity contribution in [3.63, 3.8) is 0 Å². The van der Waals surface area contributed by atoms with E-state index in [1.54, 1.807) is 0 Å². The Morgan fingerprint density at radius 1 is 1.38 bits per heavy atom. The first-order chi connectivity index (χ1) is 9.70. The van der Waals surface area contributed by atoms with Gasteiger partial charge in [0.15, 0.2) is 0 Å². The summed E-state index contributed by atoms with van der Waals surface area (Å²) in [6.45, 7) is 1.82. The van der Waals surface area contributed by atoms with Crippen molar-refractivity contribution in [3.05, 3.63) is 28.2 Å². The SMILES string of the molecule is CCCNC(=O)CN(C)S(=O)(=O)c1c(F)cc(F)cc1Br. The average Bonchev–Trinajstić information content (AvgIpc) is 2.34. The van der Waals surface area contributed by atoms with Gasteiger partial charge in [0.25, 0.3) is 0 Å². The minimum Gasteiger partial charge on any atom is -0.355 e. The fourth-order valence-electron chi connectivity index (χ4n) is 1.54. The van der Waals surface area contributed by atoms with Crippen molar-refractivity contribution < 1.29 is 22.0 Å². The van der Waals surface area contributed by atoms with Crippen molar-refractivity contribution >= 4 is 31.9 Å². The molecule has 1 N–H and O–H groups in total. The molecule has 0 bridgehead atoms. The summed E-state index contributed by atoms with van der Waals surface area (Å²) in [6.07, 6.45) is 0.709. The van der Waals surface area contributed by atoms with E-state index in [4.69, 9.17) is 0 Å². The highest BCUT2D eigenvalue weighted by Gasteiger charge is 2.29. The van der Waals surface area contributed by atoms with E-state index in [-0.39, 0.29) is 4.47 Å². The smallest absolute Gasteiger partial charge is 0.247 e. The third-order valence-electron chi connectivity index (χ3n) is 2.57. The first-order valence-electron chi connectivity index (χ1n) is 6.07. The van der Waals surface area contributed by atoms with Gasteiger partial charge in [0.05, 0.1) is 6.54 Å². The monoisotopic (exact) mass is 384 g/mol. The lowest BCUT2D eigenvalue weighted by atomic mass is 10.3. The summed E-state index contributed by atoms with van der Waals surface area (Å²) < 4.78 is 51.7. The van der Waals surface area contributed by atoms with E-state index < -0.39 is 39.0 Å². The van der Waals surface area contributed by atoms with Crippen LogP contribution in [0, 0.1) is 11.6 Å². The van der Waals surface area contributed by atoms with E-state index in [0.29, 0.717) is 23.3 Å². The molecule has 1 rings (SSSR count). The molecule has 0 aromatic heterocycles. The molecule has 0 saturated heterocycles. The molecule has 5 nitrogen and oxygen atoms in total. The number of likely N-dealkylation sites (N-methyl/N-ethyl adjacent to an activating group) is 1. The van der Waals surface area contributed by atoms with Crippen LogP contribution in [-0.2, 0) is 14.8 Å². The largest absolute Gasteiger partial charge is 0.355 e. The number of hydrogen-bond donors (Lipinski definition) is 1. The number of carbonyl (C=O) groups is 1. The van der Waals surface area contributed by atoms with Crippen LogP contribution in [-0.4, -0.2) is 38.8 Å². The lowest BCUT2D eigenvalue weighted by molar-refractivity contribution is -0.121. The number of halogens is 3. The zero-order valence-corrected chi connectivity index (χ0v) is 13.9. The third-order valence-corrected chi connectivity index (χ3v) is 5.34. The summed E-state index contributed by atoms with van der Waals surface area (Å²) in [5.74, 6) is -2.62. The van der Waals surface area contributed by atoms with E-state index in [9.17, 15) is 22.0 Å². The Labute approximate surface area is 130 Å². The van der Waals surface area contributed by atoms with Crippen LogP contribution in [0.3, 0.4) is 0 Å². The fourth-order valence-corrected chi connectivity index (χ4v) is 3.77. The molecule has 118 valence electrons. The quantitative estimate of drug-likeness (QED) is 0.813.